The predicted molar refractivity (Wildman–Crippen MR) is 76.5 cm³/mol. The molecular formula is C16H18NO4+. The van der Waals surface area contributed by atoms with Crippen molar-refractivity contribution >= 4 is 0 Å². The van der Waals surface area contributed by atoms with E-state index in [9.17, 15) is 20.4 Å². The lowest BCUT2D eigenvalue weighted by molar-refractivity contribution is -0.698. The second-order valence-corrected chi connectivity index (χ2v) is 5.45. The highest BCUT2D eigenvalue weighted by Gasteiger charge is 2.25. The van der Waals surface area contributed by atoms with Crippen LogP contribution in [0.4, 0.5) is 0 Å². The largest absolute Gasteiger partial charge is 0.504 e. The van der Waals surface area contributed by atoms with Gasteiger partial charge in [-0.2, -0.15) is 0 Å². The Labute approximate surface area is 122 Å². The highest BCUT2D eigenvalue weighted by molar-refractivity contribution is 5.47. The van der Waals surface area contributed by atoms with Crippen LogP contribution in [0.3, 0.4) is 0 Å². The van der Waals surface area contributed by atoms with Crippen LogP contribution in [0.15, 0.2) is 30.3 Å². The van der Waals surface area contributed by atoms with Gasteiger partial charge in [-0.05, 0) is 35.4 Å². The number of quaternary nitrogens is 1. The number of hydrogen-bond acceptors (Lipinski definition) is 4. The molecule has 2 aromatic rings. The first kappa shape index (κ1) is 13.6. The summed E-state index contributed by atoms with van der Waals surface area (Å²) in [6.07, 6.45) is 1.52. The van der Waals surface area contributed by atoms with Crippen LogP contribution >= 0.6 is 0 Å². The first-order valence-corrected chi connectivity index (χ1v) is 6.93. The molecule has 0 amide bonds. The average Bonchev–Trinajstić information content (AvgIpc) is 2.45. The molecule has 0 aliphatic carbocycles. The molecule has 5 heteroatoms. The number of phenols is 4. The molecule has 0 bridgehead atoms. The van der Waals surface area contributed by atoms with Crippen molar-refractivity contribution in [1.82, 2.24) is 0 Å². The van der Waals surface area contributed by atoms with Crippen LogP contribution in [-0.4, -0.2) is 27.0 Å². The van der Waals surface area contributed by atoms with E-state index < -0.39 is 0 Å². The van der Waals surface area contributed by atoms with E-state index in [-0.39, 0.29) is 29.0 Å². The zero-order chi connectivity index (χ0) is 15.0. The Bertz CT molecular complexity index is 684. The maximum absolute atomic E-state index is 9.70. The summed E-state index contributed by atoms with van der Waals surface area (Å²) in [6, 6.07) is 8.16. The first-order chi connectivity index (χ1) is 10.0. The zero-order valence-electron chi connectivity index (χ0n) is 11.5. The highest BCUT2D eigenvalue weighted by Crippen LogP contribution is 2.33. The van der Waals surface area contributed by atoms with E-state index >= 15 is 0 Å². The zero-order valence-corrected chi connectivity index (χ0v) is 11.5. The summed E-state index contributed by atoms with van der Waals surface area (Å²) in [6.45, 7) is 0.909. The molecule has 1 heterocycles. The number of aromatic hydroxyl groups is 4. The van der Waals surface area contributed by atoms with Crippen molar-refractivity contribution in [3.05, 3.63) is 47.0 Å². The van der Waals surface area contributed by atoms with Crippen molar-refractivity contribution in [2.45, 2.75) is 18.9 Å². The van der Waals surface area contributed by atoms with Gasteiger partial charge in [0.05, 0.1) is 6.54 Å². The summed E-state index contributed by atoms with van der Waals surface area (Å²) in [5.41, 5.74) is 2.96. The summed E-state index contributed by atoms with van der Waals surface area (Å²) in [7, 11) is 0. The monoisotopic (exact) mass is 288 g/mol. The topological polar surface area (TPSA) is 97.5 Å². The van der Waals surface area contributed by atoms with E-state index in [0.29, 0.717) is 6.42 Å². The van der Waals surface area contributed by atoms with Gasteiger partial charge in [-0.3, -0.25) is 0 Å². The third kappa shape index (κ3) is 2.60. The Kier molecular flexibility index (Phi) is 3.35. The van der Waals surface area contributed by atoms with Crippen molar-refractivity contribution in [2.24, 2.45) is 0 Å². The molecule has 0 radical (unpaired) electrons. The van der Waals surface area contributed by atoms with Gasteiger partial charge in [0.25, 0.3) is 0 Å². The predicted octanol–water partition coefficient (Wildman–Crippen LogP) is 0.912. The van der Waals surface area contributed by atoms with Gasteiger partial charge in [-0.1, -0.05) is 6.07 Å². The minimum absolute atomic E-state index is 0.0864. The molecule has 1 aliphatic rings. The number of rotatable bonds is 2. The van der Waals surface area contributed by atoms with E-state index in [1.54, 1.807) is 24.3 Å². The standard InChI is InChI=1S/C16H17NO4/c18-13-2-1-9(6-14(13)19)5-12-11-8-16(21)15(20)7-10(11)3-4-17-12/h1-2,6-8,12,17-21H,3-5H2/p+1. The fourth-order valence-corrected chi connectivity index (χ4v) is 2.91. The average molecular weight is 288 g/mol. The van der Waals surface area contributed by atoms with Gasteiger partial charge in [0, 0.05) is 18.4 Å². The second-order valence-electron chi connectivity index (χ2n) is 5.45. The molecule has 21 heavy (non-hydrogen) atoms. The molecule has 2 aromatic carbocycles. The summed E-state index contributed by atoms with van der Waals surface area (Å²) < 4.78 is 0. The third-order valence-electron chi connectivity index (χ3n) is 4.00. The van der Waals surface area contributed by atoms with Gasteiger partial charge in [0.1, 0.15) is 6.04 Å². The van der Waals surface area contributed by atoms with E-state index in [1.807, 2.05) is 0 Å². The van der Waals surface area contributed by atoms with Gasteiger partial charge < -0.3 is 25.7 Å². The Morgan fingerprint density at radius 3 is 2.38 bits per heavy atom. The molecule has 5 nitrogen and oxygen atoms in total. The third-order valence-corrected chi connectivity index (χ3v) is 4.00. The molecule has 0 fully saturated rings. The number of benzene rings is 2. The lowest BCUT2D eigenvalue weighted by Crippen LogP contribution is -2.87. The molecule has 0 spiro atoms. The Morgan fingerprint density at radius 1 is 0.905 bits per heavy atom. The van der Waals surface area contributed by atoms with Crippen LogP contribution in [0.5, 0.6) is 23.0 Å². The molecule has 1 aliphatic heterocycles. The van der Waals surface area contributed by atoms with Crippen LogP contribution in [-0.2, 0) is 12.8 Å². The molecule has 110 valence electrons. The molecule has 6 N–H and O–H groups in total. The van der Waals surface area contributed by atoms with Gasteiger partial charge in [0.2, 0.25) is 0 Å². The van der Waals surface area contributed by atoms with E-state index in [2.05, 4.69) is 5.32 Å². The minimum Gasteiger partial charge on any atom is -0.504 e. The van der Waals surface area contributed by atoms with Gasteiger partial charge in [-0.25, -0.2) is 0 Å². The Hall–Kier alpha value is -2.40. The van der Waals surface area contributed by atoms with Crippen molar-refractivity contribution in [3.63, 3.8) is 0 Å². The quantitative estimate of drug-likeness (QED) is 0.531. The lowest BCUT2D eigenvalue weighted by Gasteiger charge is -2.24. The Morgan fingerprint density at radius 2 is 1.62 bits per heavy atom. The number of nitrogens with two attached hydrogens (primary N) is 1. The van der Waals surface area contributed by atoms with Gasteiger partial charge >= 0.3 is 0 Å². The normalized spacial score (nSPS) is 17.4. The SMILES string of the molecule is Oc1ccc(CC2[NH2+]CCc3cc(O)c(O)cc32)cc1O. The van der Waals surface area contributed by atoms with E-state index in [4.69, 9.17) is 0 Å². The molecule has 0 saturated carbocycles. The Balaban J connectivity index is 1.91. The molecule has 0 saturated heterocycles. The maximum atomic E-state index is 9.70. The first-order valence-electron chi connectivity index (χ1n) is 6.93. The summed E-state index contributed by atoms with van der Waals surface area (Å²) in [4.78, 5) is 0. The van der Waals surface area contributed by atoms with Crippen LogP contribution < -0.4 is 5.32 Å². The van der Waals surface area contributed by atoms with Crippen LogP contribution in [0.25, 0.3) is 0 Å². The number of phenolic OH excluding ortho intramolecular Hbond substituents is 4. The summed E-state index contributed by atoms with van der Waals surface area (Å²) in [5, 5.41) is 40.4. The second kappa shape index (κ2) is 5.18. The number of hydrogen-bond donors (Lipinski definition) is 5. The molecule has 1 atom stereocenters. The number of fused-ring (bicyclic) bond motifs is 1. The minimum atomic E-state index is -0.130. The molecule has 0 aromatic heterocycles. The highest BCUT2D eigenvalue weighted by atomic mass is 16.3. The fraction of sp³-hybridized carbons (Fsp3) is 0.250. The van der Waals surface area contributed by atoms with Crippen LogP contribution in [0, 0.1) is 0 Å². The van der Waals surface area contributed by atoms with Crippen molar-refractivity contribution in [1.29, 1.82) is 0 Å². The summed E-state index contributed by atoms with van der Waals surface area (Å²) >= 11 is 0. The summed E-state index contributed by atoms with van der Waals surface area (Å²) in [5.74, 6) is -0.453. The smallest absolute Gasteiger partial charge is 0.157 e. The van der Waals surface area contributed by atoms with Gasteiger partial charge in [0.15, 0.2) is 23.0 Å². The fourth-order valence-electron chi connectivity index (χ4n) is 2.91. The van der Waals surface area contributed by atoms with Gasteiger partial charge in [-0.15, -0.1) is 0 Å². The van der Waals surface area contributed by atoms with E-state index in [0.717, 1.165) is 29.7 Å². The van der Waals surface area contributed by atoms with Crippen LogP contribution in [0.2, 0.25) is 0 Å². The maximum Gasteiger partial charge on any atom is 0.157 e. The lowest BCUT2D eigenvalue weighted by atomic mass is 9.90. The van der Waals surface area contributed by atoms with E-state index in [1.165, 1.54) is 6.07 Å². The molecular weight excluding hydrogens is 270 g/mol. The molecule has 3 rings (SSSR count). The molecule has 1 unspecified atom stereocenters. The van der Waals surface area contributed by atoms with Crippen LogP contribution in [0.1, 0.15) is 22.7 Å². The van der Waals surface area contributed by atoms with Crippen molar-refractivity contribution in [3.8, 4) is 23.0 Å². The van der Waals surface area contributed by atoms with Crippen molar-refractivity contribution in [2.75, 3.05) is 6.54 Å². The van der Waals surface area contributed by atoms with Crippen molar-refractivity contribution < 1.29 is 25.7 Å².